The number of carbonyl (C=O) groups is 1. The number of hydrogen-bond donors (Lipinski definition) is 1. The molecular formula is C12H13N5O2. The van der Waals surface area contributed by atoms with Gasteiger partial charge in [-0.25, -0.2) is 0 Å². The second kappa shape index (κ2) is 4.68. The Hall–Kier alpha value is -2.44. The molecular weight excluding hydrogens is 246 g/mol. The maximum Gasteiger partial charge on any atom is 0.276 e. The van der Waals surface area contributed by atoms with E-state index in [1.165, 1.54) is 0 Å². The molecule has 98 valence electrons. The number of hydrogen-bond acceptors (Lipinski definition) is 6. The molecule has 1 amide bonds. The van der Waals surface area contributed by atoms with Gasteiger partial charge in [0.05, 0.1) is 6.04 Å². The molecule has 0 aliphatic carbocycles. The van der Waals surface area contributed by atoms with Gasteiger partial charge >= 0.3 is 0 Å². The van der Waals surface area contributed by atoms with Crippen molar-refractivity contribution in [3.63, 3.8) is 0 Å². The van der Waals surface area contributed by atoms with E-state index in [-0.39, 0.29) is 11.9 Å². The first-order valence-corrected chi connectivity index (χ1v) is 5.99. The van der Waals surface area contributed by atoms with Gasteiger partial charge in [-0.05, 0) is 19.1 Å². The topological polar surface area (TPSA) is 84.2 Å². The standard InChI is InChI=1S/C12H13N5O2/c1-8-5-10(16-19-8)12(18)17-6-9(7-17)14-11-3-2-4-13-15-11/h2-5,9H,6-7H2,1H3,(H,14,15). The van der Waals surface area contributed by atoms with E-state index in [1.54, 1.807) is 24.1 Å². The SMILES string of the molecule is Cc1cc(C(=O)N2CC(Nc3cccnn3)C2)no1. The zero-order valence-corrected chi connectivity index (χ0v) is 10.4. The van der Waals surface area contributed by atoms with Crippen molar-refractivity contribution >= 4 is 11.7 Å². The summed E-state index contributed by atoms with van der Waals surface area (Å²) in [6, 6.07) is 5.51. The van der Waals surface area contributed by atoms with E-state index < -0.39 is 0 Å². The number of nitrogens with one attached hydrogen (secondary N) is 1. The third-order valence-corrected chi connectivity index (χ3v) is 2.94. The van der Waals surface area contributed by atoms with Crippen LogP contribution in [-0.4, -0.2) is 45.3 Å². The van der Waals surface area contributed by atoms with E-state index in [9.17, 15) is 4.79 Å². The van der Waals surface area contributed by atoms with Crippen LogP contribution in [0.3, 0.4) is 0 Å². The van der Waals surface area contributed by atoms with Crippen molar-refractivity contribution in [3.05, 3.63) is 35.9 Å². The Morgan fingerprint density at radius 2 is 2.37 bits per heavy atom. The van der Waals surface area contributed by atoms with Gasteiger partial charge in [0.15, 0.2) is 5.69 Å². The van der Waals surface area contributed by atoms with Gasteiger partial charge < -0.3 is 14.7 Å². The zero-order chi connectivity index (χ0) is 13.2. The monoisotopic (exact) mass is 259 g/mol. The fraction of sp³-hybridized carbons (Fsp3) is 0.333. The molecule has 3 rings (SSSR count). The van der Waals surface area contributed by atoms with E-state index in [1.807, 2.05) is 12.1 Å². The second-order valence-corrected chi connectivity index (χ2v) is 4.48. The normalized spacial score (nSPS) is 15.1. The molecule has 7 heteroatoms. The lowest BCUT2D eigenvalue weighted by Gasteiger charge is -2.39. The highest BCUT2D eigenvalue weighted by Crippen LogP contribution is 2.16. The van der Waals surface area contributed by atoms with Gasteiger partial charge in [0.25, 0.3) is 5.91 Å². The van der Waals surface area contributed by atoms with Crippen LogP contribution in [0.1, 0.15) is 16.2 Å². The molecule has 0 bridgehead atoms. The van der Waals surface area contributed by atoms with Crippen molar-refractivity contribution in [3.8, 4) is 0 Å². The van der Waals surface area contributed by atoms with Crippen molar-refractivity contribution in [2.75, 3.05) is 18.4 Å². The van der Waals surface area contributed by atoms with Crippen molar-refractivity contribution in [2.24, 2.45) is 0 Å². The minimum absolute atomic E-state index is 0.103. The Bertz CT molecular complexity index is 577. The van der Waals surface area contributed by atoms with Crippen LogP contribution >= 0.6 is 0 Å². The first-order valence-electron chi connectivity index (χ1n) is 5.99. The predicted molar refractivity (Wildman–Crippen MR) is 66.6 cm³/mol. The lowest BCUT2D eigenvalue weighted by Crippen LogP contribution is -2.57. The Morgan fingerprint density at radius 1 is 1.53 bits per heavy atom. The number of anilines is 1. The quantitative estimate of drug-likeness (QED) is 0.873. The molecule has 0 radical (unpaired) electrons. The van der Waals surface area contributed by atoms with Crippen LogP contribution in [0, 0.1) is 6.92 Å². The summed E-state index contributed by atoms with van der Waals surface area (Å²) < 4.78 is 4.90. The summed E-state index contributed by atoms with van der Waals surface area (Å²) in [5.74, 6) is 1.25. The minimum atomic E-state index is -0.103. The lowest BCUT2D eigenvalue weighted by atomic mass is 10.1. The summed E-state index contributed by atoms with van der Waals surface area (Å²) in [6.45, 7) is 3.01. The smallest absolute Gasteiger partial charge is 0.276 e. The van der Waals surface area contributed by atoms with Gasteiger partial charge in [-0.1, -0.05) is 5.16 Å². The molecule has 1 aliphatic rings. The van der Waals surface area contributed by atoms with Gasteiger partial charge in [-0.15, -0.1) is 5.10 Å². The Kier molecular flexibility index (Phi) is 2.86. The third-order valence-electron chi connectivity index (χ3n) is 2.94. The molecule has 0 aromatic carbocycles. The van der Waals surface area contributed by atoms with Crippen molar-refractivity contribution < 1.29 is 9.32 Å². The number of aryl methyl sites for hydroxylation is 1. The van der Waals surface area contributed by atoms with Crippen molar-refractivity contribution in [1.82, 2.24) is 20.3 Å². The molecule has 1 aliphatic heterocycles. The minimum Gasteiger partial charge on any atom is -0.362 e. The summed E-state index contributed by atoms with van der Waals surface area (Å²) in [5.41, 5.74) is 0.357. The Labute approximate surface area is 109 Å². The van der Waals surface area contributed by atoms with E-state index in [4.69, 9.17) is 4.52 Å². The Balaban J connectivity index is 1.54. The maximum absolute atomic E-state index is 12.0. The second-order valence-electron chi connectivity index (χ2n) is 4.48. The fourth-order valence-corrected chi connectivity index (χ4v) is 1.95. The predicted octanol–water partition coefficient (Wildman–Crippen LogP) is 0.710. The van der Waals surface area contributed by atoms with Crippen LogP contribution in [-0.2, 0) is 0 Å². The molecule has 2 aromatic heterocycles. The van der Waals surface area contributed by atoms with Crippen LogP contribution in [0.5, 0.6) is 0 Å². The number of amides is 1. The average Bonchev–Trinajstić information content (AvgIpc) is 2.80. The molecule has 7 nitrogen and oxygen atoms in total. The van der Waals surface area contributed by atoms with Gasteiger partial charge in [-0.2, -0.15) is 5.10 Å². The van der Waals surface area contributed by atoms with E-state index in [0.717, 1.165) is 5.82 Å². The summed E-state index contributed by atoms with van der Waals surface area (Å²) in [5, 5.41) is 14.7. The number of carbonyl (C=O) groups excluding carboxylic acids is 1. The summed E-state index contributed by atoms with van der Waals surface area (Å²) in [7, 11) is 0. The molecule has 2 aromatic rings. The van der Waals surface area contributed by atoms with Gasteiger partial charge in [0.1, 0.15) is 11.6 Å². The molecule has 0 saturated carbocycles. The zero-order valence-electron chi connectivity index (χ0n) is 10.4. The van der Waals surface area contributed by atoms with Crippen LogP contribution in [0.15, 0.2) is 28.9 Å². The van der Waals surface area contributed by atoms with E-state index >= 15 is 0 Å². The molecule has 3 heterocycles. The van der Waals surface area contributed by atoms with Gasteiger partial charge in [-0.3, -0.25) is 4.79 Å². The van der Waals surface area contributed by atoms with Crippen molar-refractivity contribution in [2.45, 2.75) is 13.0 Å². The van der Waals surface area contributed by atoms with Gasteiger partial charge in [0, 0.05) is 25.4 Å². The molecule has 1 saturated heterocycles. The fourth-order valence-electron chi connectivity index (χ4n) is 1.95. The highest BCUT2D eigenvalue weighted by atomic mass is 16.5. The third kappa shape index (κ3) is 2.40. The molecule has 1 N–H and O–H groups in total. The molecule has 0 atom stereocenters. The number of likely N-dealkylation sites (tertiary alicyclic amines) is 1. The highest BCUT2D eigenvalue weighted by molar-refractivity contribution is 5.93. The number of rotatable bonds is 3. The van der Waals surface area contributed by atoms with Gasteiger partial charge in [0.2, 0.25) is 0 Å². The van der Waals surface area contributed by atoms with E-state index in [2.05, 4.69) is 20.7 Å². The van der Waals surface area contributed by atoms with Crippen molar-refractivity contribution in [1.29, 1.82) is 0 Å². The summed E-state index contributed by atoms with van der Waals surface area (Å²) in [6.07, 6.45) is 1.62. The molecule has 19 heavy (non-hydrogen) atoms. The van der Waals surface area contributed by atoms with Crippen LogP contribution in [0.4, 0.5) is 5.82 Å². The first-order chi connectivity index (χ1) is 9.22. The Morgan fingerprint density at radius 3 is 3.00 bits per heavy atom. The lowest BCUT2D eigenvalue weighted by molar-refractivity contribution is 0.0614. The summed E-state index contributed by atoms with van der Waals surface area (Å²) >= 11 is 0. The maximum atomic E-state index is 12.0. The largest absolute Gasteiger partial charge is 0.362 e. The molecule has 0 unspecified atom stereocenters. The van der Waals surface area contributed by atoms with Crippen LogP contribution in [0.2, 0.25) is 0 Å². The van der Waals surface area contributed by atoms with E-state index in [0.29, 0.717) is 24.5 Å². The summed E-state index contributed by atoms with van der Waals surface area (Å²) in [4.78, 5) is 13.7. The first kappa shape index (κ1) is 11.6. The molecule has 1 fully saturated rings. The average molecular weight is 259 g/mol. The molecule has 0 spiro atoms. The van der Waals surface area contributed by atoms with Crippen LogP contribution < -0.4 is 5.32 Å². The number of nitrogens with zero attached hydrogens (tertiary/aromatic N) is 4. The van der Waals surface area contributed by atoms with Crippen LogP contribution in [0.25, 0.3) is 0 Å². The number of aromatic nitrogens is 3. The highest BCUT2D eigenvalue weighted by Gasteiger charge is 2.32.